The third kappa shape index (κ3) is 3.18. The molecule has 0 spiro atoms. The van der Waals surface area contributed by atoms with Crippen LogP contribution in [0.15, 0.2) is 21.9 Å². The average molecular weight is 312 g/mol. The van der Waals surface area contributed by atoms with E-state index in [0.29, 0.717) is 0 Å². The quantitative estimate of drug-likeness (QED) is 0.753. The Hall–Kier alpha value is -1.77. The zero-order valence-electron chi connectivity index (χ0n) is 12.7. The predicted octanol–water partition coefficient (Wildman–Crippen LogP) is -0.575. The molecule has 2 rings (SSSR count). The van der Waals surface area contributed by atoms with E-state index in [1.165, 1.54) is 30.9 Å². The van der Waals surface area contributed by atoms with Gasteiger partial charge in [-0.3, -0.25) is 14.3 Å². The van der Waals surface area contributed by atoms with Gasteiger partial charge in [0.05, 0.1) is 6.10 Å². The van der Waals surface area contributed by atoms with E-state index >= 15 is 0 Å². The summed E-state index contributed by atoms with van der Waals surface area (Å²) in [5.41, 5.74) is -1.16. The zero-order chi connectivity index (χ0) is 16.4. The number of rotatable bonds is 5. The Kier molecular flexibility index (Phi) is 4.94. The van der Waals surface area contributed by atoms with Crippen LogP contribution in [0, 0.1) is 5.92 Å². The number of hydrogen-bond donors (Lipinski definition) is 2. The standard InChI is InChI=1S/C14H20N2O6/c1-7(6-8(2)17)11-10(19)12(21-3)13(22-11)16-5-4-9(18)15-14(16)20/h4-5,7,10-13,19H,6H2,1-3H3,(H,15,18,20)/t7-,10?,11+,12-,13+/m0/s1. The van der Waals surface area contributed by atoms with Crippen molar-refractivity contribution in [1.82, 2.24) is 9.55 Å². The second-order valence-corrected chi connectivity index (χ2v) is 5.58. The van der Waals surface area contributed by atoms with E-state index in [-0.39, 0.29) is 18.1 Å². The molecule has 1 aliphatic rings. The van der Waals surface area contributed by atoms with Gasteiger partial charge >= 0.3 is 5.69 Å². The number of ketones is 1. The summed E-state index contributed by atoms with van der Waals surface area (Å²) in [5, 5.41) is 10.4. The zero-order valence-corrected chi connectivity index (χ0v) is 12.7. The minimum Gasteiger partial charge on any atom is -0.387 e. The number of aromatic amines is 1. The molecule has 0 amide bonds. The fourth-order valence-corrected chi connectivity index (χ4v) is 2.82. The Morgan fingerprint density at radius 1 is 1.55 bits per heavy atom. The SMILES string of the molecule is CO[C@H]1C(O)[C@@H]([C@@H](C)CC(C)=O)O[C@H]1n1ccc(=O)[nH]c1=O. The summed E-state index contributed by atoms with van der Waals surface area (Å²) in [7, 11) is 1.40. The molecule has 122 valence electrons. The van der Waals surface area contributed by atoms with Gasteiger partial charge in [0.2, 0.25) is 0 Å². The Labute approximate surface area is 126 Å². The molecule has 1 fully saturated rings. The van der Waals surface area contributed by atoms with Crippen LogP contribution in [0.1, 0.15) is 26.5 Å². The lowest BCUT2D eigenvalue weighted by Gasteiger charge is -2.21. The maximum Gasteiger partial charge on any atom is 0.330 e. The Morgan fingerprint density at radius 3 is 2.77 bits per heavy atom. The van der Waals surface area contributed by atoms with Gasteiger partial charge in [0, 0.05) is 25.8 Å². The first-order valence-corrected chi connectivity index (χ1v) is 7.02. The Balaban J connectivity index is 2.30. The van der Waals surface area contributed by atoms with Crippen molar-refractivity contribution < 1.29 is 19.4 Å². The van der Waals surface area contributed by atoms with Crippen molar-refractivity contribution in [2.75, 3.05) is 7.11 Å². The van der Waals surface area contributed by atoms with Crippen molar-refractivity contribution in [3.8, 4) is 0 Å². The van der Waals surface area contributed by atoms with Crippen LogP contribution < -0.4 is 11.2 Å². The normalized spacial score (nSPS) is 29.5. The van der Waals surface area contributed by atoms with Crippen LogP contribution in [-0.4, -0.2) is 45.9 Å². The van der Waals surface area contributed by atoms with Crippen LogP contribution in [0.3, 0.4) is 0 Å². The Bertz CT molecular complexity index is 651. The van der Waals surface area contributed by atoms with Gasteiger partial charge in [-0.25, -0.2) is 4.79 Å². The number of aromatic nitrogens is 2. The third-order valence-electron chi connectivity index (χ3n) is 3.82. The summed E-state index contributed by atoms with van der Waals surface area (Å²) >= 11 is 0. The summed E-state index contributed by atoms with van der Waals surface area (Å²) in [6.07, 6.45) is -1.72. The number of methoxy groups -OCH3 is 1. The molecule has 8 heteroatoms. The lowest BCUT2D eigenvalue weighted by atomic mass is 9.94. The number of aliphatic hydroxyl groups is 1. The van der Waals surface area contributed by atoms with Crippen LogP contribution in [-0.2, 0) is 14.3 Å². The van der Waals surface area contributed by atoms with Crippen molar-refractivity contribution in [2.45, 2.75) is 44.8 Å². The van der Waals surface area contributed by atoms with Crippen molar-refractivity contribution >= 4 is 5.78 Å². The van der Waals surface area contributed by atoms with Gasteiger partial charge in [-0.15, -0.1) is 0 Å². The topological polar surface area (TPSA) is 111 Å². The molecule has 22 heavy (non-hydrogen) atoms. The fraction of sp³-hybridized carbons (Fsp3) is 0.643. The highest BCUT2D eigenvalue weighted by Crippen LogP contribution is 2.34. The first kappa shape index (κ1) is 16.6. The molecule has 0 radical (unpaired) electrons. The minimum atomic E-state index is -0.983. The summed E-state index contributed by atoms with van der Waals surface area (Å²) in [5.74, 6) is -0.240. The maximum absolute atomic E-state index is 11.9. The molecule has 2 heterocycles. The molecule has 1 aromatic heterocycles. The molecule has 0 aliphatic carbocycles. The minimum absolute atomic E-state index is 0.0121. The molecule has 1 saturated heterocycles. The molecule has 2 N–H and O–H groups in total. The molecule has 1 unspecified atom stereocenters. The number of nitrogens with zero attached hydrogens (tertiary/aromatic N) is 1. The molecule has 8 nitrogen and oxygen atoms in total. The Morgan fingerprint density at radius 2 is 2.23 bits per heavy atom. The lowest BCUT2D eigenvalue weighted by molar-refractivity contribution is -0.120. The highest BCUT2D eigenvalue weighted by Gasteiger charge is 2.47. The van der Waals surface area contributed by atoms with E-state index in [9.17, 15) is 19.5 Å². The predicted molar refractivity (Wildman–Crippen MR) is 76.5 cm³/mol. The molecule has 0 aromatic carbocycles. The van der Waals surface area contributed by atoms with E-state index in [1.54, 1.807) is 6.92 Å². The molecule has 1 aliphatic heterocycles. The van der Waals surface area contributed by atoms with Crippen molar-refractivity contribution in [3.05, 3.63) is 33.1 Å². The second-order valence-electron chi connectivity index (χ2n) is 5.58. The van der Waals surface area contributed by atoms with E-state index in [1.807, 2.05) is 0 Å². The number of carbonyl (C=O) groups excluding carboxylic acids is 1. The van der Waals surface area contributed by atoms with Crippen molar-refractivity contribution in [1.29, 1.82) is 0 Å². The van der Waals surface area contributed by atoms with Gasteiger partial charge in [0.1, 0.15) is 18.0 Å². The van der Waals surface area contributed by atoms with E-state index in [4.69, 9.17) is 9.47 Å². The molecule has 1 aromatic rings. The second kappa shape index (κ2) is 6.55. The van der Waals surface area contributed by atoms with Crippen LogP contribution >= 0.6 is 0 Å². The fourth-order valence-electron chi connectivity index (χ4n) is 2.82. The lowest BCUT2D eigenvalue weighted by Crippen LogP contribution is -2.39. The molecule has 0 saturated carbocycles. The van der Waals surface area contributed by atoms with Crippen molar-refractivity contribution in [3.63, 3.8) is 0 Å². The van der Waals surface area contributed by atoms with Gasteiger partial charge < -0.3 is 19.4 Å². The smallest absolute Gasteiger partial charge is 0.330 e. The van der Waals surface area contributed by atoms with Gasteiger partial charge in [0.15, 0.2) is 6.23 Å². The molecule has 5 atom stereocenters. The van der Waals surface area contributed by atoms with Crippen LogP contribution in [0.25, 0.3) is 0 Å². The van der Waals surface area contributed by atoms with E-state index in [0.717, 1.165) is 0 Å². The van der Waals surface area contributed by atoms with Crippen LogP contribution in [0.5, 0.6) is 0 Å². The van der Waals surface area contributed by atoms with E-state index in [2.05, 4.69) is 4.98 Å². The van der Waals surface area contributed by atoms with Crippen molar-refractivity contribution in [2.24, 2.45) is 5.92 Å². The highest BCUT2D eigenvalue weighted by atomic mass is 16.6. The average Bonchev–Trinajstić information content (AvgIpc) is 2.74. The van der Waals surface area contributed by atoms with Crippen LogP contribution in [0.2, 0.25) is 0 Å². The van der Waals surface area contributed by atoms with Gasteiger partial charge in [-0.05, 0) is 12.8 Å². The summed E-state index contributed by atoms with van der Waals surface area (Å²) < 4.78 is 12.2. The number of nitrogens with one attached hydrogen (secondary N) is 1. The number of ether oxygens (including phenoxy) is 2. The highest BCUT2D eigenvalue weighted by molar-refractivity contribution is 5.75. The maximum atomic E-state index is 11.9. The summed E-state index contributed by atoms with van der Waals surface area (Å²) in [6, 6.07) is 1.19. The molecular formula is C14H20N2O6. The number of aliphatic hydroxyl groups excluding tert-OH is 1. The van der Waals surface area contributed by atoms with Gasteiger partial charge in [-0.2, -0.15) is 0 Å². The van der Waals surface area contributed by atoms with Gasteiger partial charge in [-0.1, -0.05) is 6.92 Å². The number of Topliss-reactive ketones (excluding diaryl/α,β-unsaturated/α-hetero) is 1. The number of carbonyl (C=O) groups is 1. The third-order valence-corrected chi connectivity index (χ3v) is 3.82. The number of hydrogen-bond acceptors (Lipinski definition) is 6. The van der Waals surface area contributed by atoms with E-state index < -0.39 is 35.8 Å². The monoisotopic (exact) mass is 312 g/mol. The molecule has 0 bridgehead atoms. The first-order valence-electron chi connectivity index (χ1n) is 7.02. The summed E-state index contributed by atoms with van der Waals surface area (Å²) in [6.45, 7) is 3.26. The first-order chi connectivity index (χ1) is 10.3. The molecular weight excluding hydrogens is 292 g/mol. The largest absolute Gasteiger partial charge is 0.387 e. The van der Waals surface area contributed by atoms with Gasteiger partial charge in [0.25, 0.3) is 5.56 Å². The van der Waals surface area contributed by atoms with Crippen LogP contribution in [0.4, 0.5) is 0 Å². The summed E-state index contributed by atoms with van der Waals surface area (Å²) in [4.78, 5) is 36.4. The number of H-pyrrole nitrogens is 1.